The number of anilines is 1. The number of carbonyl (C=O) groups is 2. The molecule has 0 spiro atoms. The third kappa shape index (κ3) is 4.86. The lowest BCUT2D eigenvalue weighted by molar-refractivity contribution is 0.0696. The first-order valence-electron chi connectivity index (χ1n) is 7.05. The maximum Gasteiger partial charge on any atom is 0.335 e. The molecule has 0 aliphatic rings. The molecule has 2 rings (SSSR count). The summed E-state index contributed by atoms with van der Waals surface area (Å²) < 4.78 is 5.33. The van der Waals surface area contributed by atoms with E-state index in [2.05, 4.69) is 15.5 Å². The van der Waals surface area contributed by atoms with Crippen LogP contribution in [0.4, 0.5) is 5.69 Å². The minimum Gasteiger partial charge on any atom is -0.485 e. The number of benzene rings is 2. The summed E-state index contributed by atoms with van der Waals surface area (Å²) in [6.45, 7) is -0.0541. The fourth-order valence-corrected chi connectivity index (χ4v) is 1.85. The SMILES string of the molecule is N=N/C(COc1ccc(C(=O)Nc2ccc(C(=O)O)cc2)cc1)=N\N. The zero-order valence-corrected chi connectivity index (χ0v) is 13.0. The maximum absolute atomic E-state index is 12.2. The van der Waals surface area contributed by atoms with Gasteiger partial charge < -0.3 is 21.0 Å². The second-order valence-corrected chi connectivity index (χ2v) is 4.81. The molecule has 0 aliphatic heterocycles. The van der Waals surface area contributed by atoms with E-state index in [9.17, 15) is 9.59 Å². The van der Waals surface area contributed by atoms with Crippen molar-refractivity contribution in [2.75, 3.05) is 11.9 Å². The summed E-state index contributed by atoms with van der Waals surface area (Å²) in [6, 6.07) is 12.1. The average molecular weight is 341 g/mol. The molecule has 2 aromatic rings. The lowest BCUT2D eigenvalue weighted by Crippen LogP contribution is -2.13. The minimum atomic E-state index is -1.03. The Morgan fingerprint density at radius 1 is 1.08 bits per heavy atom. The van der Waals surface area contributed by atoms with Crippen LogP contribution in [0.2, 0.25) is 0 Å². The number of amidine groups is 1. The number of amides is 1. The standard InChI is InChI=1S/C16H15N5O4/c17-20-14(21-18)9-25-13-7-3-10(4-8-13)15(22)19-12-5-1-11(2-6-12)16(23)24/h1-8,17H,9,18H2,(H,19,22)(H,23,24)/b20-17?,21-14-. The zero-order valence-electron chi connectivity index (χ0n) is 13.0. The molecule has 25 heavy (non-hydrogen) atoms. The fraction of sp³-hybridized carbons (Fsp3) is 0.0625. The molecule has 0 bridgehead atoms. The smallest absolute Gasteiger partial charge is 0.335 e. The lowest BCUT2D eigenvalue weighted by Gasteiger charge is -2.07. The average Bonchev–Trinajstić information content (AvgIpc) is 2.63. The molecule has 0 heterocycles. The van der Waals surface area contributed by atoms with Crippen LogP contribution < -0.4 is 15.9 Å². The highest BCUT2D eigenvalue weighted by molar-refractivity contribution is 6.04. The van der Waals surface area contributed by atoms with E-state index >= 15 is 0 Å². The van der Waals surface area contributed by atoms with E-state index in [4.69, 9.17) is 21.2 Å². The van der Waals surface area contributed by atoms with Gasteiger partial charge in [-0.15, -0.1) is 5.11 Å². The van der Waals surface area contributed by atoms with Gasteiger partial charge >= 0.3 is 5.97 Å². The highest BCUT2D eigenvalue weighted by atomic mass is 16.5. The second kappa shape index (κ2) is 8.20. The first kappa shape index (κ1) is 17.6. The number of aromatic carboxylic acids is 1. The molecule has 0 radical (unpaired) electrons. The Morgan fingerprint density at radius 3 is 2.20 bits per heavy atom. The number of hydrogen-bond acceptors (Lipinski definition) is 6. The van der Waals surface area contributed by atoms with Crippen molar-refractivity contribution >= 4 is 23.4 Å². The van der Waals surface area contributed by atoms with Crippen molar-refractivity contribution in [2.24, 2.45) is 16.1 Å². The van der Waals surface area contributed by atoms with Crippen LogP contribution in [0.25, 0.3) is 0 Å². The van der Waals surface area contributed by atoms with E-state index in [1.165, 1.54) is 24.3 Å². The van der Waals surface area contributed by atoms with Crippen LogP contribution in [0.3, 0.4) is 0 Å². The van der Waals surface area contributed by atoms with Gasteiger partial charge in [-0.3, -0.25) is 4.79 Å². The molecule has 0 fully saturated rings. The van der Waals surface area contributed by atoms with Gasteiger partial charge in [0.05, 0.1) is 5.56 Å². The number of carboxylic acid groups (broad SMARTS) is 1. The van der Waals surface area contributed by atoms with Crippen LogP contribution in [-0.4, -0.2) is 29.4 Å². The Bertz CT molecular complexity index is 800. The molecule has 128 valence electrons. The van der Waals surface area contributed by atoms with Gasteiger partial charge in [-0.2, -0.15) is 5.10 Å². The minimum absolute atomic E-state index is 0.0339. The number of carboxylic acids is 1. The molecule has 0 unspecified atom stereocenters. The summed E-state index contributed by atoms with van der Waals surface area (Å²) >= 11 is 0. The first-order valence-corrected chi connectivity index (χ1v) is 7.05. The highest BCUT2D eigenvalue weighted by Gasteiger charge is 2.08. The quantitative estimate of drug-likeness (QED) is 0.209. The van der Waals surface area contributed by atoms with Crippen LogP contribution >= 0.6 is 0 Å². The third-order valence-electron chi connectivity index (χ3n) is 3.15. The zero-order chi connectivity index (χ0) is 18.2. The number of nitrogens with two attached hydrogens (primary N) is 1. The summed E-state index contributed by atoms with van der Waals surface area (Å²) in [6.07, 6.45) is 0. The van der Waals surface area contributed by atoms with Crippen molar-refractivity contribution in [3.05, 3.63) is 59.7 Å². The van der Waals surface area contributed by atoms with Crippen LogP contribution in [0, 0.1) is 5.53 Å². The van der Waals surface area contributed by atoms with Crippen molar-refractivity contribution in [1.29, 1.82) is 5.53 Å². The van der Waals surface area contributed by atoms with E-state index in [1.54, 1.807) is 24.3 Å². The summed E-state index contributed by atoms with van der Waals surface area (Å²) in [7, 11) is 0. The van der Waals surface area contributed by atoms with Crippen molar-refractivity contribution < 1.29 is 19.4 Å². The predicted octanol–water partition coefficient (Wildman–Crippen LogP) is 2.32. The molecule has 0 aliphatic carbocycles. The molecule has 1 amide bonds. The van der Waals surface area contributed by atoms with Gasteiger partial charge in [0.15, 0.2) is 6.61 Å². The molecular weight excluding hydrogens is 326 g/mol. The van der Waals surface area contributed by atoms with Gasteiger partial charge in [-0.1, -0.05) is 0 Å². The topological polar surface area (TPSA) is 150 Å². The van der Waals surface area contributed by atoms with Gasteiger partial charge in [-0.05, 0) is 48.5 Å². The molecule has 5 N–H and O–H groups in total. The summed E-state index contributed by atoms with van der Waals surface area (Å²) in [5.41, 5.74) is 7.82. The number of nitrogens with zero attached hydrogens (tertiary/aromatic N) is 2. The Balaban J connectivity index is 1.97. The number of carbonyl (C=O) groups excluding carboxylic acids is 1. The molecule has 9 nitrogen and oxygen atoms in total. The normalized spacial score (nSPS) is 10.8. The van der Waals surface area contributed by atoms with Crippen molar-refractivity contribution in [1.82, 2.24) is 0 Å². The Kier molecular flexibility index (Phi) is 5.77. The molecule has 9 heteroatoms. The lowest BCUT2D eigenvalue weighted by atomic mass is 10.2. The van der Waals surface area contributed by atoms with Crippen LogP contribution in [0.5, 0.6) is 5.75 Å². The summed E-state index contributed by atoms with van der Waals surface area (Å²) in [4.78, 5) is 23.0. The molecule has 2 aromatic carbocycles. The van der Waals surface area contributed by atoms with E-state index in [-0.39, 0.29) is 23.9 Å². The number of hydrazone groups is 1. The monoisotopic (exact) mass is 341 g/mol. The third-order valence-corrected chi connectivity index (χ3v) is 3.15. The van der Waals surface area contributed by atoms with Crippen LogP contribution in [0.15, 0.2) is 58.7 Å². The van der Waals surface area contributed by atoms with Crippen molar-refractivity contribution in [2.45, 2.75) is 0 Å². The second-order valence-electron chi connectivity index (χ2n) is 4.81. The van der Waals surface area contributed by atoms with Crippen LogP contribution in [-0.2, 0) is 0 Å². The fourth-order valence-electron chi connectivity index (χ4n) is 1.85. The van der Waals surface area contributed by atoms with Gasteiger partial charge in [0, 0.05) is 11.3 Å². The van der Waals surface area contributed by atoms with Gasteiger partial charge in [-0.25, -0.2) is 10.3 Å². The molecule has 0 saturated heterocycles. The summed E-state index contributed by atoms with van der Waals surface area (Å²) in [5, 5.41) is 17.9. The van der Waals surface area contributed by atoms with Gasteiger partial charge in [0.25, 0.3) is 5.91 Å². The van der Waals surface area contributed by atoms with E-state index in [1.807, 2.05) is 0 Å². The van der Waals surface area contributed by atoms with E-state index < -0.39 is 5.97 Å². The Hall–Kier alpha value is -3.75. The summed E-state index contributed by atoms with van der Waals surface area (Å²) in [5.74, 6) is 4.14. The largest absolute Gasteiger partial charge is 0.485 e. The highest BCUT2D eigenvalue weighted by Crippen LogP contribution is 2.15. The molecular formula is C16H15N5O4. The maximum atomic E-state index is 12.2. The first-order chi connectivity index (χ1) is 12.0. The molecule has 0 saturated carbocycles. The van der Waals surface area contributed by atoms with Crippen LogP contribution in [0.1, 0.15) is 20.7 Å². The number of hydrogen-bond donors (Lipinski definition) is 4. The Morgan fingerprint density at radius 2 is 1.68 bits per heavy atom. The van der Waals surface area contributed by atoms with Gasteiger partial charge in [0.1, 0.15) is 5.75 Å². The number of nitrogens with one attached hydrogen (secondary N) is 2. The number of rotatable bonds is 6. The molecule has 0 aromatic heterocycles. The number of ether oxygens (including phenoxy) is 1. The van der Waals surface area contributed by atoms with E-state index in [0.29, 0.717) is 17.0 Å². The van der Waals surface area contributed by atoms with Gasteiger partial charge in [0.2, 0.25) is 5.84 Å². The van der Waals surface area contributed by atoms with Crippen molar-refractivity contribution in [3.8, 4) is 5.75 Å². The molecule has 0 atom stereocenters. The Labute approximate surface area is 142 Å². The van der Waals surface area contributed by atoms with E-state index in [0.717, 1.165) is 0 Å². The van der Waals surface area contributed by atoms with Crippen molar-refractivity contribution in [3.63, 3.8) is 0 Å². The predicted molar refractivity (Wildman–Crippen MR) is 90.1 cm³/mol.